The van der Waals surface area contributed by atoms with Crippen LogP contribution in [0, 0.1) is 0 Å². The molecule has 1 saturated carbocycles. The van der Waals surface area contributed by atoms with Gasteiger partial charge in [0.15, 0.2) is 0 Å². The monoisotopic (exact) mass is 272 g/mol. The minimum atomic E-state index is -0.215. The first kappa shape index (κ1) is 15.4. The Morgan fingerprint density at radius 1 is 1.50 bits per heavy atom. The summed E-state index contributed by atoms with van der Waals surface area (Å²) in [5.41, 5.74) is 5.29. The Labute approximate surface area is 115 Å². The summed E-state index contributed by atoms with van der Waals surface area (Å²) in [4.78, 5) is 14.6. The lowest BCUT2D eigenvalue weighted by molar-refractivity contribution is -0.145. The Morgan fingerprint density at radius 3 is 2.44 bits per heavy atom. The van der Waals surface area contributed by atoms with Gasteiger partial charge in [0, 0.05) is 26.1 Å². The molecular weight excluding hydrogens is 248 g/mol. The fourth-order valence-corrected chi connectivity index (χ4v) is 2.39. The zero-order valence-electron chi connectivity index (χ0n) is 11.6. The summed E-state index contributed by atoms with van der Waals surface area (Å²) < 4.78 is 5.50. The van der Waals surface area contributed by atoms with E-state index in [1.54, 1.807) is 7.11 Å². The van der Waals surface area contributed by atoms with Crippen molar-refractivity contribution in [2.24, 2.45) is 5.73 Å². The van der Waals surface area contributed by atoms with Crippen LogP contribution in [0.3, 0.4) is 0 Å². The summed E-state index contributed by atoms with van der Waals surface area (Å²) >= 11 is 4.87. The fourth-order valence-electron chi connectivity index (χ4n) is 2.30. The molecule has 104 valence electrons. The van der Waals surface area contributed by atoms with Gasteiger partial charge < -0.3 is 15.4 Å². The predicted octanol–water partition coefficient (Wildman–Crippen LogP) is 1.86. The van der Waals surface area contributed by atoms with Crippen LogP contribution in [0.5, 0.6) is 0 Å². The molecule has 1 amide bonds. The van der Waals surface area contributed by atoms with Crippen molar-refractivity contribution in [3.8, 4) is 0 Å². The van der Waals surface area contributed by atoms with E-state index < -0.39 is 0 Å². The third-order valence-electron chi connectivity index (χ3n) is 3.71. The van der Waals surface area contributed by atoms with E-state index >= 15 is 0 Å². The molecule has 0 unspecified atom stereocenters. The van der Waals surface area contributed by atoms with Gasteiger partial charge in [-0.3, -0.25) is 4.79 Å². The summed E-state index contributed by atoms with van der Waals surface area (Å²) in [5.74, 6) is 0.141. The van der Waals surface area contributed by atoms with Gasteiger partial charge >= 0.3 is 0 Å². The molecule has 0 saturated heterocycles. The Bertz CT molecular complexity index is 309. The van der Waals surface area contributed by atoms with E-state index in [1.807, 2.05) is 18.7 Å². The Balaban J connectivity index is 2.56. The van der Waals surface area contributed by atoms with Gasteiger partial charge in [0.25, 0.3) is 0 Å². The number of carbonyl (C=O) groups excluding carboxylic acids is 1. The number of thiocarbonyl (C=S) groups is 1. The lowest BCUT2D eigenvalue weighted by Gasteiger charge is -2.41. The SMILES string of the molecule is COC1(CC(=O)N(CCC(N)=S)C(C)C)CCC1. The molecule has 1 aliphatic rings. The van der Waals surface area contributed by atoms with Crippen molar-refractivity contribution in [1.82, 2.24) is 4.90 Å². The first-order valence-electron chi connectivity index (χ1n) is 6.53. The molecule has 0 aliphatic heterocycles. The van der Waals surface area contributed by atoms with Crippen molar-refractivity contribution in [3.63, 3.8) is 0 Å². The number of nitrogens with zero attached hydrogens (tertiary/aromatic N) is 1. The highest BCUT2D eigenvalue weighted by atomic mass is 32.1. The van der Waals surface area contributed by atoms with Gasteiger partial charge in [-0.15, -0.1) is 0 Å². The third kappa shape index (κ3) is 3.92. The average Bonchev–Trinajstić information content (AvgIpc) is 2.22. The average molecular weight is 272 g/mol. The van der Waals surface area contributed by atoms with Crippen molar-refractivity contribution in [1.29, 1.82) is 0 Å². The second-order valence-electron chi connectivity index (χ2n) is 5.31. The van der Waals surface area contributed by atoms with E-state index in [0.29, 0.717) is 24.4 Å². The Hall–Kier alpha value is -0.680. The van der Waals surface area contributed by atoms with Crippen LogP contribution in [0.25, 0.3) is 0 Å². The molecule has 0 bridgehead atoms. The number of amides is 1. The summed E-state index contributed by atoms with van der Waals surface area (Å²) in [7, 11) is 1.70. The first-order chi connectivity index (χ1) is 8.40. The molecule has 2 N–H and O–H groups in total. The first-order valence-corrected chi connectivity index (χ1v) is 6.94. The standard InChI is InChI=1S/C13H24N2O2S/c1-10(2)15(8-5-11(14)18)12(16)9-13(17-3)6-4-7-13/h10H,4-9H2,1-3H3,(H2,14,18). The molecule has 0 aromatic heterocycles. The van der Waals surface area contributed by atoms with Crippen LogP contribution in [0.2, 0.25) is 0 Å². The van der Waals surface area contributed by atoms with Crippen LogP contribution in [0.1, 0.15) is 46.0 Å². The summed E-state index contributed by atoms with van der Waals surface area (Å²) in [5, 5.41) is 0. The fraction of sp³-hybridized carbons (Fsp3) is 0.846. The van der Waals surface area contributed by atoms with E-state index in [9.17, 15) is 4.79 Å². The number of ether oxygens (including phenoxy) is 1. The van der Waals surface area contributed by atoms with Crippen LogP contribution in [0.4, 0.5) is 0 Å². The molecule has 0 radical (unpaired) electrons. The normalized spacial score (nSPS) is 17.3. The maximum Gasteiger partial charge on any atom is 0.225 e. The minimum Gasteiger partial charge on any atom is -0.393 e. The zero-order chi connectivity index (χ0) is 13.8. The topological polar surface area (TPSA) is 55.6 Å². The number of rotatable bonds is 7. The van der Waals surface area contributed by atoms with Crippen molar-refractivity contribution in [2.45, 2.75) is 57.6 Å². The molecular formula is C13H24N2O2S. The maximum absolute atomic E-state index is 12.3. The van der Waals surface area contributed by atoms with Crippen molar-refractivity contribution >= 4 is 23.1 Å². The van der Waals surface area contributed by atoms with Crippen molar-refractivity contribution in [3.05, 3.63) is 0 Å². The molecule has 0 aromatic rings. The van der Waals surface area contributed by atoms with Crippen LogP contribution in [0.15, 0.2) is 0 Å². The number of hydrogen-bond donors (Lipinski definition) is 1. The smallest absolute Gasteiger partial charge is 0.225 e. The molecule has 4 nitrogen and oxygen atoms in total. The van der Waals surface area contributed by atoms with Gasteiger partial charge in [-0.1, -0.05) is 12.2 Å². The van der Waals surface area contributed by atoms with Gasteiger partial charge in [0.1, 0.15) is 0 Å². The largest absolute Gasteiger partial charge is 0.393 e. The molecule has 0 heterocycles. The highest BCUT2D eigenvalue weighted by Crippen LogP contribution is 2.38. The van der Waals surface area contributed by atoms with Crippen LogP contribution in [-0.2, 0) is 9.53 Å². The lowest BCUT2D eigenvalue weighted by Crippen LogP contribution is -2.47. The van der Waals surface area contributed by atoms with Crippen LogP contribution >= 0.6 is 12.2 Å². The highest BCUT2D eigenvalue weighted by Gasteiger charge is 2.40. The Kier molecular flexibility index (Phi) is 5.53. The number of nitrogens with two attached hydrogens (primary N) is 1. The van der Waals surface area contributed by atoms with Crippen LogP contribution < -0.4 is 5.73 Å². The number of methoxy groups -OCH3 is 1. The second-order valence-corrected chi connectivity index (χ2v) is 5.84. The number of hydrogen-bond acceptors (Lipinski definition) is 3. The molecule has 18 heavy (non-hydrogen) atoms. The van der Waals surface area contributed by atoms with Gasteiger partial charge in [0.2, 0.25) is 5.91 Å². The summed E-state index contributed by atoms with van der Waals surface area (Å²) in [6.07, 6.45) is 4.17. The van der Waals surface area contributed by atoms with E-state index in [0.717, 1.165) is 19.3 Å². The molecule has 1 rings (SSSR count). The highest BCUT2D eigenvalue weighted by molar-refractivity contribution is 7.80. The summed E-state index contributed by atoms with van der Waals surface area (Å²) in [6.45, 7) is 4.63. The van der Waals surface area contributed by atoms with Gasteiger partial charge in [-0.05, 0) is 33.1 Å². The van der Waals surface area contributed by atoms with E-state index in [1.165, 1.54) is 0 Å². The molecule has 0 aromatic carbocycles. The van der Waals surface area contributed by atoms with E-state index in [4.69, 9.17) is 22.7 Å². The number of carbonyl (C=O) groups is 1. The lowest BCUT2D eigenvalue weighted by atomic mass is 9.77. The quantitative estimate of drug-likeness (QED) is 0.719. The van der Waals surface area contributed by atoms with E-state index in [2.05, 4.69) is 0 Å². The van der Waals surface area contributed by atoms with Crippen LogP contribution in [-0.4, -0.2) is 41.1 Å². The van der Waals surface area contributed by atoms with Gasteiger partial charge in [0.05, 0.1) is 17.0 Å². The van der Waals surface area contributed by atoms with Crippen molar-refractivity contribution in [2.75, 3.05) is 13.7 Å². The van der Waals surface area contributed by atoms with Gasteiger partial charge in [-0.25, -0.2) is 0 Å². The molecule has 0 atom stereocenters. The maximum atomic E-state index is 12.3. The van der Waals surface area contributed by atoms with E-state index in [-0.39, 0.29) is 17.6 Å². The zero-order valence-corrected chi connectivity index (χ0v) is 12.4. The molecule has 0 spiro atoms. The molecule has 1 aliphatic carbocycles. The molecule has 1 fully saturated rings. The minimum absolute atomic E-state index is 0.141. The third-order valence-corrected chi connectivity index (χ3v) is 3.92. The summed E-state index contributed by atoms with van der Waals surface area (Å²) in [6, 6.07) is 0.167. The predicted molar refractivity (Wildman–Crippen MR) is 76.5 cm³/mol. The van der Waals surface area contributed by atoms with Crippen molar-refractivity contribution < 1.29 is 9.53 Å². The molecule has 5 heteroatoms. The Morgan fingerprint density at radius 2 is 2.11 bits per heavy atom. The second kappa shape index (κ2) is 6.48. The van der Waals surface area contributed by atoms with Gasteiger partial charge in [-0.2, -0.15) is 0 Å².